The molecule has 0 saturated carbocycles. The minimum absolute atomic E-state index is 0.121. The van der Waals surface area contributed by atoms with Gasteiger partial charge in [-0.1, -0.05) is 0 Å². The molecule has 0 aliphatic rings. The van der Waals surface area contributed by atoms with Gasteiger partial charge in [0.25, 0.3) is 5.56 Å². The minimum atomic E-state index is -0.121. The van der Waals surface area contributed by atoms with E-state index >= 15 is 0 Å². The van der Waals surface area contributed by atoms with Crippen molar-refractivity contribution in [2.75, 3.05) is 5.73 Å². The summed E-state index contributed by atoms with van der Waals surface area (Å²) in [5, 5.41) is 0. The lowest BCUT2D eigenvalue weighted by atomic mass is 10.3. The van der Waals surface area contributed by atoms with Crippen molar-refractivity contribution in [3.8, 4) is 0 Å². The SMILES string of the molecule is Nc1ccc2nc(Cn3cccc(Br)c3=O)oc2c1. The van der Waals surface area contributed by atoms with Gasteiger partial charge in [0.05, 0.1) is 4.47 Å². The highest BCUT2D eigenvalue weighted by Crippen LogP contribution is 2.18. The molecule has 0 unspecified atom stereocenters. The highest BCUT2D eigenvalue weighted by Gasteiger charge is 2.08. The molecule has 0 fully saturated rings. The summed E-state index contributed by atoms with van der Waals surface area (Å²) in [6.45, 7) is 0.285. The van der Waals surface area contributed by atoms with Crippen LogP contribution in [0.3, 0.4) is 0 Å². The van der Waals surface area contributed by atoms with E-state index in [1.807, 2.05) is 0 Å². The van der Waals surface area contributed by atoms with Crippen LogP contribution in [-0.2, 0) is 6.54 Å². The van der Waals surface area contributed by atoms with Gasteiger partial charge >= 0.3 is 0 Å². The highest BCUT2D eigenvalue weighted by molar-refractivity contribution is 9.10. The second-order valence-corrected chi connectivity index (χ2v) is 4.98. The number of aromatic nitrogens is 2. The van der Waals surface area contributed by atoms with Crippen LogP contribution in [0.5, 0.6) is 0 Å². The van der Waals surface area contributed by atoms with Crippen LogP contribution in [0.4, 0.5) is 5.69 Å². The summed E-state index contributed by atoms with van der Waals surface area (Å²) in [4.78, 5) is 16.2. The van der Waals surface area contributed by atoms with Gasteiger partial charge in [-0.25, -0.2) is 4.98 Å². The van der Waals surface area contributed by atoms with Gasteiger partial charge in [-0.15, -0.1) is 0 Å². The number of anilines is 1. The zero-order chi connectivity index (χ0) is 13.4. The number of halogens is 1. The van der Waals surface area contributed by atoms with Gasteiger partial charge in [-0.05, 0) is 40.2 Å². The van der Waals surface area contributed by atoms with E-state index in [-0.39, 0.29) is 12.1 Å². The molecule has 0 aliphatic carbocycles. The van der Waals surface area contributed by atoms with Gasteiger partial charge in [0.1, 0.15) is 12.1 Å². The molecule has 6 heteroatoms. The van der Waals surface area contributed by atoms with Crippen LogP contribution in [0.15, 0.2) is 50.2 Å². The molecule has 5 nitrogen and oxygen atoms in total. The van der Waals surface area contributed by atoms with Crippen molar-refractivity contribution in [1.29, 1.82) is 0 Å². The Morgan fingerprint density at radius 1 is 1.37 bits per heavy atom. The first kappa shape index (κ1) is 12.0. The summed E-state index contributed by atoms with van der Waals surface area (Å²) >= 11 is 3.20. The Balaban J connectivity index is 2.01. The quantitative estimate of drug-likeness (QED) is 0.736. The van der Waals surface area contributed by atoms with Crippen molar-refractivity contribution < 1.29 is 4.42 Å². The largest absolute Gasteiger partial charge is 0.439 e. The molecule has 2 N–H and O–H groups in total. The number of hydrogen-bond acceptors (Lipinski definition) is 4. The fourth-order valence-corrected chi connectivity index (χ4v) is 2.21. The third-order valence-electron chi connectivity index (χ3n) is 2.74. The van der Waals surface area contributed by atoms with E-state index in [0.717, 1.165) is 5.52 Å². The first-order valence-electron chi connectivity index (χ1n) is 5.63. The molecule has 1 aromatic carbocycles. The molecule has 3 aromatic rings. The number of pyridine rings is 1. The molecule has 96 valence electrons. The second kappa shape index (κ2) is 4.55. The summed E-state index contributed by atoms with van der Waals surface area (Å²) in [6.07, 6.45) is 1.69. The van der Waals surface area contributed by atoms with E-state index in [4.69, 9.17) is 10.2 Å². The molecule has 2 aromatic heterocycles. The van der Waals surface area contributed by atoms with E-state index in [2.05, 4.69) is 20.9 Å². The van der Waals surface area contributed by atoms with Crippen LogP contribution in [0.1, 0.15) is 5.89 Å². The Bertz CT molecular complexity index is 807. The molecular formula is C13H10BrN3O2. The smallest absolute Gasteiger partial charge is 0.265 e. The number of rotatable bonds is 2. The first-order valence-corrected chi connectivity index (χ1v) is 6.43. The first-order chi connectivity index (χ1) is 9.13. The van der Waals surface area contributed by atoms with E-state index < -0.39 is 0 Å². The zero-order valence-corrected chi connectivity index (χ0v) is 11.4. The summed E-state index contributed by atoms with van der Waals surface area (Å²) in [5.74, 6) is 0.473. The standard InChI is InChI=1S/C13H10BrN3O2/c14-9-2-1-5-17(13(9)18)7-12-16-10-4-3-8(15)6-11(10)19-12/h1-6H,7,15H2. The van der Waals surface area contributed by atoms with Crippen molar-refractivity contribution in [3.63, 3.8) is 0 Å². The monoisotopic (exact) mass is 319 g/mol. The summed E-state index contributed by atoms with van der Waals surface area (Å²) in [6, 6.07) is 8.76. The molecule has 0 amide bonds. The van der Waals surface area contributed by atoms with E-state index in [0.29, 0.717) is 21.6 Å². The van der Waals surface area contributed by atoms with Crippen LogP contribution in [0.25, 0.3) is 11.1 Å². The maximum Gasteiger partial charge on any atom is 0.265 e. The molecule has 19 heavy (non-hydrogen) atoms. The van der Waals surface area contributed by atoms with Gasteiger partial charge in [0.15, 0.2) is 5.58 Å². The van der Waals surface area contributed by atoms with E-state index in [1.54, 1.807) is 36.5 Å². The maximum absolute atomic E-state index is 11.9. The fraction of sp³-hybridized carbons (Fsp3) is 0.0769. The molecular weight excluding hydrogens is 310 g/mol. The third-order valence-corrected chi connectivity index (χ3v) is 3.34. The Kier molecular flexibility index (Phi) is 2.87. The van der Waals surface area contributed by atoms with Crippen LogP contribution < -0.4 is 11.3 Å². The maximum atomic E-state index is 11.9. The predicted octanol–water partition coefficient (Wildman–Crippen LogP) is 2.38. The number of nitrogens with zero attached hydrogens (tertiary/aromatic N) is 2. The van der Waals surface area contributed by atoms with Crippen molar-refractivity contribution >= 4 is 32.7 Å². The normalized spacial score (nSPS) is 11.0. The van der Waals surface area contributed by atoms with Crippen LogP contribution in [0, 0.1) is 0 Å². The van der Waals surface area contributed by atoms with Gasteiger partial charge in [-0.2, -0.15) is 0 Å². The average Bonchev–Trinajstić information content (AvgIpc) is 2.76. The van der Waals surface area contributed by atoms with Crippen molar-refractivity contribution in [1.82, 2.24) is 9.55 Å². The summed E-state index contributed by atoms with van der Waals surface area (Å²) < 4.78 is 7.62. The second-order valence-electron chi connectivity index (χ2n) is 4.12. The molecule has 2 heterocycles. The molecule has 0 spiro atoms. The number of fused-ring (bicyclic) bond motifs is 1. The molecule has 0 saturated heterocycles. The lowest BCUT2D eigenvalue weighted by Crippen LogP contribution is -2.20. The Morgan fingerprint density at radius 3 is 3.05 bits per heavy atom. The Labute approximate surface area is 116 Å². The zero-order valence-electron chi connectivity index (χ0n) is 9.84. The van der Waals surface area contributed by atoms with E-state index in [1.165, 1.54) is 4.57 Å². The topological polar surface area (TPSA) is 74.0 Å². The van der Waals surface area contributed by atoms with Crippen molar-refractivity contribution in [3.05, 3.63) is 57.2 Å². The van der Waals surface area contributed by atoms with Gasteiger partial charge in [0.2, 0.25) is 5.89 Å². The number of hydrogen-bond donors (Lipinski definition) is 1. The van der Waals surface area contributed by atoms with Crippen LogP contribution >= 0.6 is 15.9 Å². The predicted molar refractivity (Wildman–Crippen MR) is 75.9 cm³/mol. The number of benzene rings is 1. The number of nitrogens with two attached hydrogens (primary N) is 1. The molecule has 0 bridgehead atoms. The van der Waals surface area contributed by atoms with Crippen molar-refractivity contribution in [2.24, 2.45) is 0 Å². The van der Waals surface area contributed by atoms with Gasteiger partial charge in [-0.3, -0.25) is 4.79 Å². The van der Waals surface area contributed by atoms with Crippen molar-refractivity contribution in [2.45, 2.75) is 6.54 Å². The lowest BCUT2D eigenvalue weighted by Gasteiger charge is -2.01. The van der Waals surface area contributed by atoms with Crippen LogP contribution in [0.2, 0.25) is 0 Å². The lowest BCUT2D eigenvalue weighted by molar-refractivity contribution is 0.504. The fourth-order valence-electron chi connectivity index (χ4n) is 1.83. The summed E-state index contributed by atoms with van der Waals surface area (Å²) in [5.41, 5.74) is 7.53. The molecule has 3 rings (SSSR count). The number of nitrogen functional groups attached to an aromatic ring is 1. The minimum Gasteiger partial charge on any atom is -0.439 e. The highest BCUT2D eigenvalue weighted by atomic mass is 79.9. The third kappa shape index (κ3) is 2.26. The number of oxazole rings is 1. The van der Waals surface area contributed by atoms with Gasteiger partial charge < -0.3 is 14.7 Å². The Morgan fingerprint density at radius 2 is 2.21 bits per heavy atom. The molecule has 0 atom stereocenters. The average molecular weight is 320 g/mol. The summed E-state index contributed by atoms with van der Waals surface area (Å²) in [7, 11) is 0. The Hall–Kier alpha value is -2.08. The van der Waals surface area contributed by atoms with Gasteiger partial charge in [0, 0.05) is 18.0 Å². The van der Waals surface area contributed by atoms with Crippen LogP contribution in [-0.4, -0.2) is 9.55 Å². The van der Waals surface area contributed by atoms with E-state index in [9.17, 15) is 4.79 Å². The molecule has 0 aliphatic heterocycles. The molecule has 0 radical (unpaired) electrons.